The fourth-order valence-electron chi connectivity index (χ4n) is 4.16. The van der Waals surface area contributed by atoms with Gasteiger partial charge in [-0.15, -0.1) is 0 Å². The molecule has 1 aliphatic rings. The van der Waals surface area contributed by atoms with Crippen LogP contribution in [0.2, 0.25) is 0 Å². The fourth-order valence-corrected chi connectivity index (χ4v) is 4.16. The second-order valence-corrected chi connectivity index (χ2v) is 7.28. The SMILES string of the molecule is CCC1CN(C(=O)CCc2ccccc2C(=O)O)CCC1c1ccccc1. The van der Waals surface area contributed by atoms with Crippen molar-refractivity contribution in [1.29, 1.82) is 0 Å². The summed E-state index contributed by atoms with van der Waals surface area (Å²) < 4.78 is 0. The largest absolute Gasteiger partial charge is 0.478 e. The number of carbonyl (C=O) groups excluding carboxylic acids is 1. The van der Waals surface area contributed by atoms with Gasteiger partial charge in [0.2, 0.25) is 5.91 Å². The molecular weight excluding hydrogens is 338 g/mol. The summed E-state index contributed by atoms with van der Waals surface area (Å²) in [6.07, 6.45) is 2.86. The maximum atomic E-state index is 12.7. The van der Waals surface area contributed by atoms with Crippen molar-refractivity contribution >= 4 is 11.9 Å². The molecule has 1 aliphatic heterocycles. The molecule has 2 aromatic rings. The molecule has 3 rings (SSSR count). The van der Waals surface area contributed by atoms with Crippen LogP contribution in [0, 0.1) is 5.92 Å². The van der Waals surface area contributed by atoms with Gasteiger partial charge in [0, 0.05) is 19.5 Å². The van der Waals surface area contributed by atoms with Gasteiger partial charge in [-0.3, -0.25) is 4.79 Å². The van der Waals surface area contributed by atoms with Crippen LogP contribution < -0.4 is 0 Å². The van der Waals surface area contributed by atoms with Gasteiger partial charge in [-0.25, -0.2) is 4.79 Å². The Morgan fingerprint density at radius 3 is 2.48 bits per heavy atom. The lowest BCUT2D eigenvalue weighted by molar-refractivity contribution is -0.133. The maximum absolute atomic E-state index is 12.7. The third-order valence-corrected chi connectivity index (χ3v) is 5.69. The van der Waals surface area contributed by atoms with E-state index in [2.05, 4.69) is 31.2 Å². The van der Waals surface area contributed by atoms with Crippen molar-refractivity contribution in [1.82, 2.24) is 4.90 Å². The lowest BCUT2D eigenvalue weighted by Gasteiger charge is -2.38. The first-order valence-corrected chi connectivity index (χ1v) is 9.74. The van der Waals surface area contributed by atoms with Crippen molar-refractivity contribution < 1.29 is 14.7 Å². The van der Waals surface area contributed by atoms with Gasteiger partial charge in [0.05, 0.1) is 5.56 Å². The molecule has 1 N–H and O–H groups in total. The number of rotatable bonds is 6. The van der Waals surface area contributed by atoms with Gasteiger partial charge in [0.15, 0.2) is 0 Å². The molecular formula is C23H27NO3. The first-order valence-electron chi connectivity index (χ1n) is 9.74. The molecule has 0 bridgehead atoms. The normalized spacial score (nSPS) is 19.7. The zero-order valence-corrected chi connectivity index (χ0v) is 15.8. The van der Waals surface area contributed by atoms with Gasteiger partial charge in [-0.05, 0) is 41.9 Å². The van der Waals surface area contributed by atoms with Gasteiger partial charge >= 0.3 is 5.97 Å². The van der Waals surface area contributed by atoms with Crippen LogP contribution in [0.25, 0.3) is 0 Å². The Morgan fingerprint density at radius 2 is 1.78 bits per heavy atom. The summed E-state index contributed by atoms with van der Waals surface area (Å²) >= 11 is 0. The Labute approximate surface area is 160 Å². The van der Waals surface area contributed by atoms with Crippen LogP contribution in [0.5, 0.6) is 0 Å². The first-order chi connectivity index (χ1) is 13.1. The minimum absolute atomic E-state index is 0.125. The van der Waals surface area contributed by atoms with Crippen LogP contribution in [-0.2, 0) is 11.2 Å². The van der Waals surface area contributed by atoms with Crippen molar-refractivity contribution in [3.63, 3.8) is 0 Å². The van der Waals surface area contributed by atoms with Crippen LogP contribution in [0.4, 0.5) is 0 Å². The highest BCUT2D eigenvalue weighted by atomic mass is 16.4. The Hall–Kier alpha value is -2.62. The van der Waals surface area contributed by atoms with E-state index in [0.29, 0.717) is 30.2 Å². The van der Waals surface area contributed by atoms with Crippen LogP contribution in [0.15, 0.2) is 54.6 Å². The van der Waals surface area contributed by atoms with Crippen molar-refractivity contribution in [3.05, 3.63) is 71.3 Å². The van der Waals surface area contributed by atoms with Crippen molar-refractivity contribution in [2.75, 3.05) is 13.1 Å². The number of amides is 1. The molecule has 1 amide bonds. The number of carbonyl (C=O) groups is 2. The third kappa shape index (κ3) is 4.57. The Kier molecular flexibility index (Phi) is 6.28. The van der Waals surface area contributed by atoms with Crippen LogP contribution in [-0.4, -0.2) is 35.0 Å². The lowest BCUT2D eigenvalue weighted by Crippen LogP contribution is -2.43. The first kappa shape index (κ1) is 19.2. The highest BCUT2D eigenvalue weighted by Gasteiger charge is 2.31. The molecule has 0 aliphatic carbocycles. The van der Waals surface area contributed by atoms with Crippen LogP contribution in [0.3, 0.4) is 0 Å². The topological polar surface area (TPSA) is 57.6 Å². The highest BCUT2D eigenvalue weighted by molar-refractivity contribution is 5.89. The maximum Gasteiger partial charge on any atom is 0.335 e. The molecule has 142 valence electrons. The predicted octanol–water partition coefficient (Wildman–Crippen LogP) is 4.36. The van der Waals surface area contributed by atoms with Crippen molar-refractivity contribution in [2.45, 2.75) is 38.5 Å². The second-order valence-electron chi connectivity index (χ2n) is 7.28. The molecule has 27 heavy (non-hydrogen) atoms. The Balaban J connectivity index is 1.61. The Bertz CT molecular complexity index is 787. The van der Waals surface area contributed by atoms with E-state index in [-0.39, 0.29) is 5.91 Å². The van der Waals surface area contributed by atoms with Crippen LogP contribution >= 0.6 is 0 Å². The molecule has 1 fully saturated rings. The highest BCUT2D eigenvalue weighted by Crippen LogP contribution is 2.35. The molecule has 1 heterocycles. The number of hydrogen-bond donors (Lipinski definition) is 1. The molecule has 2 atom stereocenters. The number of benzene rings is 2. The molecule has 2 aromatic carbocycles. The minimum atomic E-state index is -0.937. The van der Waals surface area contributed by atoms with E-state index in [1.54, 1.807) is 18.2 Å². The molecule has 0 aromatic heterocycles. The monoisotopic (exact) mass is 365 g/mol. The standard InChI is InChI=1S/C23H27NO3/c1-2-17-16-24(15-14-20(17)18-8-4-3-5-9-18)22(25)13-12-19-10-6-7-11-21(19)23(26)27/h3-11,17,20H,2,12-16H2,1H3,(H,26,27). The lowest BCUT2D eigenvalue weighted by atomic mass is 9.79. The zero-order valence-electron chi connectivity index (χ0n) is 15.8. The molecule has 1 saturated heterocycles. The number of nitrogens with zero attached hydrogens (tertiary/aromatic N) is 1. The average molecular weight is 365 g/mol. The van der Waals surface area contributed by atoms with E-state index >= 15 is 0 Å². The van der Waals surface area contributed by atoms with Gasteiger partial charge < -0.3 is 10.0 Å². The summed E-state index contributed by atoms with van der Waals surface area (Å²) in [6, 6.07) is 17.5. The van der Waals surface area contributed by atoms with E-state index < -0.39 is 5.97 Å². The van der Waals surface area contributed by atoms with E-state index in [4.69, 9.17) is 0 Å². The summed E-state index contributed by atoms with van der Waals surface area (Å²) in [5.41, 5.74) is 2.39. The summed E-state index contributed by atoms with van der Waals surface area (Å²) in [6.45, 7) is 3.75. The molecule has 0 saturated carbocycles. The number of carboxylic acid groups (broad SMARTS) is 1. The number of aromatic carboxylic acids is 1. The minimum Gasteiger partial charge on any atom is -0.478 e. The molecule has 4 heteroatoms. The average Bonchev–Trinajstić information content (AvgIpc) is 2.72. The van der Waals surface area contributed by atoms with Gasteiger partial charge in [0.25, 0.3) is 0 Å². The van der Waals surface area contributed by atoms with E-state index in [1.807, 2.05) is 17.0 Å². The second kappa shape index (κ2) is 8.85. The molecule has 4 nitrogen and oxygen atoms in total. The van der Waals surface area contributed by atoms with Crippen molar-refractivity contribution in [2.24, 2.45) is 5.92 Å². The number of piperidine rings is 1. The van der Waals surface area contributed by atoms with E-state index in [0.717, 1.165) is 31.5 Å². The number of aryl methyl sites for hydroxylation is 1. The fraction of sp³-hybridized carbons (Fsp3) is 0.391. The summed E-state index contributed by atoms with van der Waals surface area (Å²) in [5.74, 6) is 0.164. The quantitative estimate of drug-likeness (QED) is 0.827. The smallest absolute Gasteiger partial charge is 0.335 e. The van der Waals surface area contributed by atoms with Gasteiger partial charge in [-0.2, -0.15) is 0 Å². The third-order valence-electron chi connectivity index (χ3n) is 5.69. The molecule has 2 unspecified atom stereocenters. The van der Waals surface area contributed by atoms with E-state index in [9.17, 15) is 14.7 Å². The van der Waals surface area contributed by atoms with Gasteiger partial charge in [0.1, 0.15) is 0 Å². The number of carboxylic acids is 1. The van der Waals surface area contributed by atoms with Crippen molar-refractivity contribution in [3.8, 4) is 0 Å². The summed E-state index contributed by atoms with van der Waals surface area (Å²) in [7, 11) is 0. The number of hydrogen-bond acceptors (Lipinski definition) is 2. The van der Waals surface area contributed by atoms with E-state index in [1.165, 1.54) is 5.56 Å². The van der Waals surface area contributed by atoms with Gasteiger partial charge in [-0.1, -0.05) is 61.9 Å². The zero-order chi connectivity index (χ0) is 19.2. The number of likely N-dealkylation sites (tertiary alicyclic amines) is 1. The predicted molar refractivity (Wildman–Crippen MR) is 106 cm³/mol. The summed E-state index contributed by atoms with van der Waals surface area (Å²) in [5, 5.41) is 9.29. The molecule has 0 spiro atoms. The molecule has 0 radical (unpaired) electrons. The summed E-state index contributed by atoms with van der Waals surface area (Å²) in [4.78, 5) is 26.0. The Morgan fingerprint density at radius 1 is 1.07 bits per heavy atom. The van der Waals surface area contributed by atoms with Crippen LogP contribution in [0.1, 0.15) is 53.6 Å².